The number of esters is 1. The molecule has 0 aromatic heterocycles. The number of aryl methyl sites for hydroxylation is 1. The highest BCUT2D eigenvalue weighted by Crippen LogP contribution is 2.28. The van der Waals surface area contributed by atoms with E-state index in [9.17, 15) is 4.79 Å². The number of carbonyl (C=O) groups is 1. The molecule has 2 heteroatoms. The van der Waals surface area contributed by atoms with E-state index in [4.69, 9.17) is 4.74 Å². The summed E-state index contributed by atoms with van der Waals surface area (Å²) in [6.45, 7) is 8.41. The maximum atomic E-state index is 11.9. The summed E-state index contributed by atoms with van der Waals surface area (Å²) in [6, 6.07) is 8.00. The Balaban J connectivity index is 3.03. The summed E-state index contributed by atoms with van der Waals surface area (Å²) in [7, 11) is 0. The number of ether oxygens (including phenoxy) is 1. The Kier molecular flexibility index (Phi) is 4.53. The summed E-state index contributed by atoms with van der Waals surface area (Å²) >= 11 is 0. The first-order valence-electron chi connectivity index (χ1n) is 5.80. The summed E-state index contributed by atoms with van der Waals surface area (Å²) in [5.74, 6) is -0.0203. The molecule has 0 N–H and O–H groups in total. The van der Waals surface area contributed by atoms with Crippen LogP contribution in [0.3, 0.4) is 0 Å². The van der Waals surface area contributed by atoms with Crippen molar-refractivity contribution < 1.29 is 9.53 Å². The molecule has 0 saturated heterocycles. The molecule has 0 amide bonds. The molecule has 2 nitrogen and oxygen atoms in total. The largest absolute Gasteiger partial charge is 0.466 e. The molecule has 0 heterocycles. The van der Waals surface area contributed by atoms with Crippen molar-refractivity contribution in [2.75, 3.05) is 6.61 Å². The predicted molar refractivity (Wildman–Crippen MR) is 65.4 cm³/mol. The van der Waals surface area contributed by atoms with Gasteiger partial charge in [-0.3, -0.25) is 4.79 Å². The highest BCUT2D eigenvalue weighted by atomic mass is 16.5. The molecule has 1 aromatic carbocycles. The van der Waals surface area contributed by atoms with Gasteiger partial charge in [0, 0.05) is 0 Å². The fourth-order valence-electron chi connectivity index (χ4n) is 1.93. The lowest BCUT2D eigenvalue weighted by Crippen LogP contribution is -2.21. The first-order chi connectivity index (χ1) is 7.57. The maximum Gasteiger partial charge on any atom is 0.313 e. The second kappa shape index (κ2) is 5.69. The number of hydrogen-bond acceptors (Lipinski definition) is 2. The third-order valence-electron chi connectivity index (χ3n) is 2.73. The van der Waals surface area contributed by atoms with Crippen LogP contribution in [-0.2, 0) is 9.53 Å². The van der Waals surface area contributed by atoms with Crippen LogP contribution in [0.4, 0.5) is 0 Å². The van der Waals surface area contributed by atoms with E-state index in [-0.39, 0.29) is 17.8 Å². The Morgan fingerprint density at radius 3 is 2.44 bits per heavy atom. The van der Waals surface area contributed by atoms with E-state index in [2.05, 4.69) is 0 Å². The SMILES string of the molecule is CCOC(=O)C(c1ccccc1C)C(C)C. The standard InChI is InChI=1S/C14H20O2/c1-5-16-14(15)13(10(2)3)12-9-7-6-8-11(12)4/h6-10,13H,5H2,1-4H3. The molecular formula is C14H20O2. The van der Waals surface area contributed by atoms with Crippen LogP contribution in [-0.4, -0.2) is 12.6 Å². The van der Waals surface area contributed by atoms with Crippen molar-refractivity contribution in [1.29, 1.82) is 0 Å². The first kappa shape index (κ1) is 12.8. The minimum Gasteiger partial charge on any atom is -0.466 e. The molecule has 0 aliphatic rings. The molecule has 0 aliphatic carbocycles. The Bertz CT molecular complexity index is 356. The van der Waals surface area contributed by atoms with Crippen molar-refractivity contribution in [3.63, 3.8) is 0 Å². The van der Waals surface area contributed by atoms with E-state index in [1.54, 1.807) is 0 Å². The van der Waals surface area contributed by atoms with Gasteiger partial charge < -0.3 is 4.74 Å². The fraction of sp³-hybridized carbons (Fsp3) is 0.500. The van der Waals surface area contributed by atoms with Crippen LogP contribution < -0.4 is 0 Å². The van der Waals surface area contributed by atoms with E-state index >= 15 is 0 Å². The molecule has 1 atom stereocenters. The van der Waals surface area contributed by atoms with Gasteiger partial charge in [-0.15, -0.1) is 0 Å². The monoisotopic (exact) mass is 220 g/mol. The summed E-state index contributed by atoms with van der Waals surface area (Å²) < 4.78 is 5.14. The second-order valence-corrected chi connectivity index (χ2v) is 4.33. The van der Waals surface area contributed by atoms with Crippen LogP contribution in [0.15, 0.2) is 24.3 Å². The molecule has 1 aromatic rings. The van der Waals surface area contributed by atoms with E-state index < -0.39 is 0 Å². The molecule has 1 rings (SSSR count). The summed E-state index contributed by atoms with van der Waals surface area (Å²) in [5.41, 5.74) is 2.23. The van der Waals surface area contributed by atoms with E-state index in [1.807, 2.05) is 52.0 Å². The molecule has 1 unspecified atom stereocenters. The van der Waals surface area contributed by atoms with Crippen LogP contribution in [0, 0.1) is 12.8 Å². The number of benzene rings is 1. The van der Waals surface area contributed by atoms with Crippen LogP contribution in [0.5, 0.6) is 0 Å². The normalized spacial score (nSPS) is 12.6. The lowest BCUT2D eigenvalue weighted by atomic mass is 9.86. The van der Waals surface area contributed by atoms with Crippen molar-refractivity contribution in [2.24, 2.45) is 5.92 Å². The van der Waals surface area contributed by atoms with Gasteiger partial charge in [0.15, 0.2) is 0 Å². The second-order valence-electron chi connectivity index (χ2n) is 4.33. The lowest BCUT2D eigenvalue weighted by molar-refractivity contribution is -0.146. The highest BCUT2D eigenvalue weighted by Gasteiger charge is 2.26. The Labute approximate surface area is 97.6 Å². The molecule has 0 spiro atoms. The topological polar surface area (TPSA) is 26.3 Å². The van der Waals surface area contributed by atoms with Gasteiger partial charge in [-0.05, 0) is 30.9 Å². The first-order valence-corrected chi connectivity index (χ1v) is 5.80. The molecule has 0 bridgehead atoms. The Morgan fingerprint density at radius 2 is 1.94 bits per heavy atom. The summed E-state index contributed by atoms with van der Waals surface area (Å²) in [4.78, 5) is 11.9. The Hall–Kier alpha value is -1.31. The van der Waals surface area contributed by atoms with E-state index in [1.165, 1.54) is 0 Å². The molecule has 16 heavy (non-hydrogen) atoms. The van der Waals surface area contributed by atoms with Gasteiger partial charge >= 0.3 is 5.97 Å². The van der Waals surface area contributed by atoms with Crippen molar-refractivity contribution in [1.82, 2.24) is 0 Å². The highest BCUT2D eigenvalue weighted by molar-refractivity contribution is 5.79. The molecule has 0 aliphatic heterocycles. The molecule has 0 fully saturated rings. The van der Waals surface area contributed by atoms with Crippen LogP contribution in [0.2, 0.25) is 0 Å². The van der Waals surface area contributed by atoms with Crippen molar-refractivity contribution in [2.45, 2.75) is 33.6 Å². The minimum absolute atomic E-state index is 0.119. The third-order valence-corrected chi connectivity index (χ3v) is 2.73. The van der Waals surface area contributed by atoms with E-state index in [0.29, 0.717) is 6.61 Å². The predicted octanol–water partition coefficient (Wildman–Crippen LogP) is 3.30. The average molecular weight is 220 g/mol. The number of rotatable bonds is 4. The van der Waals surface area contributed by atoms with Crippen LogP contribution in [0.25, 0.3) is 0 Å². The summed E-state index contributed by atoms with van der Waals surface area (Å²) in [5, 5.41) is 0. The Morgan fingerprint density at radius 1 is 1.31 bits per heavy atom. The summed E-state index contributed by atoms with van der Waals surface area (Å²) in [6.07, 6.45) is 0. The zero-order valence-corrected chi connectivity index (χ0v) is 10.5. The lowest BCUT2D eigenvalue weighted by Gasteiger charge is -2.21. The smallest absolute Gasteiger partial charge is 0.313 e. The van der Waals surface area contributed by atoms with E-state index in [0.717, 1.165) is 11.1 Å². The van der Waals surface area contributed by atoms with Crippen molar-refractivity contribution in [3.05, 3.63) is 35.4 Å². The van der Waals surface area contributed by atoms with Crippen molar-refractivity contribution in [3.8, 4) is 0 Å². The van der Waals surface area contributed by atoms with Gasteiger partial charge in [0.1, 0.15) is 0 Å². The fourth-order valence-corrected chi connectivity index (χ4v) is 1.93. The quantitative estimate of drug-likeness (QED) is 0.728. The molecule has 88 valence electrons. The zero-order chi connectivity index (χ0) is 12.1. The molecule has 0 radical (unpaired) electrons. The van der Waals surface area contributed by atoms with Gasteiger partial charge in [-0.25, -0.2) is 0 Å². The van der Waals surface area contributed by atoms with Gasteiger partial charge in [0.25, 0.3) is 0 Å². The van der Waals surface area contributed by atoms with Crippen LogP contribution in [0.1, 0.15) is 37.8 Å². The number of carbonyl (C=O) groups excluding carboxylic acids is 1. The minimum atomic E-state index is -0.152. The van der Waals surface area contributed by atoms with Gasteiger partial charge in [-0.1, -0.05) is 38.1 Å². The number of hydrogen-bond donors (Lipinski definition) is 0. The van der Waals surface area contributed by atoms with Gasteiger partial charge in [-0.2, -0.15) is 0 Å². The maximum absolute atomic E-state index is 11.9. The molecule has 0 saturated carbocycles. The van der Waals surface area contributed by atoms with Gasteiger partial charge in [0.2, 0.25) is 0 Å². The molecular weight excluding hydrogens is 200 g/mol. The van der Waals surface area contributed by atoms with Crippen molar-refractivity contribution >= 4 is 5.97 Å². The zero-order valence-electron chi connectivity index (χ0n) is 10.5. The average Bonchev–Trinajstić information content (AvgIpc) is 2.21. The van der Waals surface area contributed by atoms with Crippen LogP contribution >= 0.6 is 0 Å². The van der Waals surface area contributed by atoms with Gasteiger partial charge in [0.05, 0.1) is 12.5 Å². The third kappa shape index (κ3) is 2.84.